The van der Waals surface area contributed by atoms with Crippen LogP contribution in [-0.4, -0.2) is 50.3 Å². The number of benzene rings is 2. The van der Waals surface area contributed by atoms with Crippen LogP contribution in [0.1, 0.15) is 11.1 Å². The van der Waals surface area contributed by atoms with Gasteiger partial charge in [0, 0.05) is 38.4 Å². The molecule has 2 aliphatic heterocycles. The van der Waals surface area contributed by atoms with Gasteiger partial charge in [-0.1, -0.05) is 23.7 Å². The molecule has 0 atom stereocenters. The number of rotatable bonds is 3. The number of hydrogen-bond donors (Lipinski definition) is 1. The summed E-state index contributed by atoms with van der Waals surface area (Å²) in [6.45, 7) is 6.54. The van der Waals surface area contributed by atoms with Crippen molar-refractivity contribution in [2.45, 2.75) is 13.5 Å². The number of carbonyl (C=O) groups is 1. The van der Waals surface area contributed by atoms with Crippen molar-refractivity contribution < 1.29 is 14.3 Å². The van der Waals surface area contributed by atoms with Crippen LogP contribution in [0, 0.1) is 6.92 Å². The average molecular weight is 402 g/mol. The molecule has 2 aliphatic rings. The maximum Gasteiger partial charge on any atom is 0.317 e. The van der Waals surface area contributed by atoms with Crippen molar-refractivity contribution in [1.29, 1.82) is 0 Å². The van der Waals surface area contributed by atoms with Crippen LogP contribution in [0.3, 0.4) is 0 Å². The maximum atomic E-state index is 12.5. The Balaban J connectivity index is 1.31. The third kappa shape index (κ3) is 4.12. The largest absolute Gasteiger partial charge is 0.486 e. The van der Waals surface area contributed by atoms with Crippen molar-refractivity contribution in [3.05, 3.63) is 52.5 Å². The van der Waals surface area contributed by atoms with Crippen molar-refractivity contribution in [3.8, 4) is 11.5 Å². The second-order valence-corrected chi connectivity index (χ2v) is 7.48. The summed E-state index contributed by atoms with van der Waals surface area (Å²) in [7, 11) is 0. The summed E-state index contributed by atoms with van der Waals surface area (Å²) in [6, 6.07) is 12.1. The predicted octanol–water partition coefficient (Wildman–Crippen LogP) is 3.45. The van der Waals surface area contributed by atoms with E-state index in [2.05, 4.69) is 41.4 Å². The van der Waals surface area contributed by atoms with Crippen LogP contribution in [0.25, 0.3) is 0 Å². The van der Waals surface area contributed by atoms with E-state index in [1.165, 1.54) is 11.3 Å². The normalized spacial score (nSPS) is 16.1. The van der Waals surface area contributed by atoms with E-state index in [-0.39, 0.29) is 6.03 Å². The Morgan fingerprint density at radius 1 is 1.11 bits per heavy atom. The quantitative estimate of drug-likeness (QED) is 0.855. The highest BCUT2D eigenvalue weighted by atomic mass is 35.5. The summed E-state index contributed by atoms with van der Waals surface area (Å²) in [4.78, 5) is 16.7. The van der Waals surface area contributed by atoms with Crippen molar-refractivity contribution in [2.75, 3.05) is 44.3 Å². The molecule has 2 aromatic carbocycles. The molecule has 7 heteroatoms. The van der Waals surface area contributed by atoms with Gasteiger partial charge in [0.25, 0.3) is 0 Å². The number of anilines is 1. The molecule has 0 aliphatic carbocycles. The number of halogens is 1. The highest BCUT2D eigenvalue weighted by molar-refractivity contribution is 6.32. The molecule has 0 bridgehead atoms. The molecule has 2 aromatic rings. The molecule has 1 saturated heterocycles. The van der Waals surface area contributed by atoms with Gasteiger partial charge in [-0.3, -0.25) is 0 Å². The lowest BCUT2D eigenvalue weighted by atomic mass is 10.2. The number of urea groups is 1. The first-order chi connectivity index (χ1) is 13.6. The van der Waals surface area contributed by atoms with Gasteiger partial charge in [-0.25, -0.2) is 4.79 Å². The molecular formula is C21H24ClN3O3. The topological polar surface area (TPSA) is 54.0 Å². The monoisotopic (exact) mass is 401 g/mol. The number of amides is 2. The fourth-order valence-electron chi connectivity index (χ4n) is 3.55. The summed E-state index contributed by atoms with van der Waals surface area (Å²) >= 11 is 6.26. The van der Waals surface area contributed by atoms with Gasteiger partial charge < -0.3 is 24.6 Å². The van der Waals surface area contributed by atoms with Gasteiger partial charge >= 0.3 is 6.03 Å². The van der Waals surface area contributed by atoms with E-state index in [0.717, 1.165) is 18.7 Å². The van der Waals surface area contributed by atoms with Crippen LogP contribution >= 0.6 is 11.6 Å². The van der Waals surface area contributed by atoms with Crippen LogP contribution in [0.15, 0.2) is 36.4 Å². The fourth-order valence-corrected chi connectivity index (χ4v) is 3.84. The molecule has 148 valence electrons. The summed E-state index contributed by atoms with van der Waals surface area (Å²) in [5.74, 6) is 1.21. The predicted molar refractivity (Wildman–Crippen MR) is 110 cm³/mol. The zero-order valence-corrected chi connectivity index (χ0v) is 16.7. The molecule has 1 N–H and O–H groups in total. The van der Waals surface area contributed by atoms with Crippen molar-refractivity contribution >= 4 is 23.3 Å². The standard InChI is InChI=1S/C21H24ClN3O3/c1-15-3-2-4-17(11-15)24-5-7-25(8-6-24)21(26)23-14-16-12-18(22)20-19(13-16)27-9-10-28-20/h2-4,11-13H,5-10,14H2,1H3,(H,23,26). The summed E-state index contributed by atoms with van der Waals surface area (Å²) in [6.07, 6.45) is 0. The van der Waals surface area contributed by atoms with E-state index in [0.29, 0.717) is 49.4 Å². The maximum absolute atomic E-state index is 12.5. The van der Waals surface area contributed by atoms with Crippen LogP contribution in [0.4, 0.5) is 10.5 Å². The number of nitrogens with one attached hydrogen (secondary N) is 1. The van der Waals surface area contributed by atoms with E-state index >= 15 is 0 Å². The Hall–Kier alpha value is -2.60. The molecule has 6 nitrogen and oxygen atoms in total. The van der Waals surface area contributed by atoms with Crippen LogP contribution in [0.5, 0.6) is 11.5 Å². The summed E-state index contributed by atoms with van der Waals surface area (Å²) in [5, 5.41) is 3.49. The molecule has 2 heterocycles. The number of ether oxygens (including phenoxy) is 2. The van der Waals surface area contributed by atoms with Crippen molar-refractivity contribution in [2.24, 2.45) is 0 Å². The Bertz CT molecular complexity index is 866. The zero-order valence-electron chi connectivity index (χ0n) is 15.9. The third-order valence-electron chi connectivity index (χ3n) is 5.03. The number of piperazine rings is 1. The van der Waals surface area contributed by atoms with Crippen molar-refractivity contribution in [3.63, 3.8) is 0 Å². The average Bonchev–Trinajstić information content (AvgIpc) is 2.72. The molecule has 0 saturated carbocycles. The van der Waals surface area contributed by atoms with E-state index in [1.807, 2.05) is 17.0 Å². The molecule has 0 radical (unpaired) electrons. The highest BCUT2D eigenvalue weighted by Gasteiger charge is 2.22. The van der Waals surface area contributed by atoms with Crippen molar-refractivity contribution in [1.82, 2.24) is 10.2 Å². The minimum atomic E-state index is -0.0603. The number of hydrogen-bond acceptors (Lipinski definition) is 4. The van der Waals surface area contributed by atoms with E-state index in [1.54, 1.807) is 0 Å². The molecular weight excluding hydrogens is 378 g/mol. The van der Waals surface area contributed by atoms with Gasteiger partial charge in [0.1, 0.15) is 13.2 Å². The van der Waals surface area contributed by atoms with Gasteiger partial charge in [-0.05, 0) is 42.3 Å². The fraction of sp³-hybridized carbons (Fsp3) is 0.381. The van der Waals surface area contributed by atoms with Crippen LogP contribution < -0.4 is 19.7 Å². The first kappa shape index (κ1) is 18.7. The molecule has 2 amide bonds. The lowest BCUT2D eigenvalue weighted by molar-refractivity contribution is 0.171. The van der Waals surface area contributed by atoms with Gasteiger partial charge in [0.05, 0.1) is 5.02 Å². The first-order valence-electron chi connectivity index (χ1n) is 9.52. The lowest BCUT2D eigenvalue weighted by Crippen LogP contribution is -2.51. The summed E-state index contributed by atoms with van der Waals surface area (Å²) in [5.41, 5.74) is 3.35. The molecule has 28 heavy (non-hydrogen) atoms. The van der Waals surface area contributed by atoms with Gasteiger partial charge in [0.15, 0.2) is 11.5 Å². The van der Waals surface area contributed by atoms with Gasteiger partial charge in [0.2, 0.25) is 0 Å². The Morgan fingerprint density at radius 3 is 2.68 bits per heavy atom. The molecule has 4 rings (SSSR count). The summed E-state index contributed by atoms with van der Waals surface area (Å²) < 4.78 is 11.1. The molecule has 0 aromatic heterocycles. The Morgan fingerprint density at radius 2 is 1.89 bits per heavy atom. The SMILES string of the molecule is Cc1cccc(N2CCN(C(=O)NCc3cc(Cl)c4c(c3)OCCO4)CC2)c1. The minimum Gasteiger partial charge on any atom is -0.486 e. The number of fused-ring (bicyclic) bond motifs is 1. The second kappa shape index (κ2) is 8.19. The lowest BCUT2D eigenvalue weighted by Gasteiger charge is -2.36. The third-order valence-corrected chi connectivity index (χ3v) is 5.31. The Labute approximate surface area is 170 Å². The van der Waals surface area contributed by atoms with Crippen LogP contribution in [-0.2, 0) is 6.54 Å². The number of nitrogens with zero attached hydrogens (tertiary/aromatic N) is 2. The number of aryl methyl sites for hydroxylation is 1. The molecule has 1 fully saturated rings. The zero-order chi connectivity index (χ0) is 19.5. The van der Waals surface area contributed by atoms with E-state index < -0.39 is 0 Å². The van der Waals surface area contributed by atoms with Gasteiger partial charge in [-0.2, -0.15) is 0 Å². The van der Waals surface area contributed by atoms with Gasteiger partial charge in [-0.15, -0.1) is 0 Å². The number of carbonyl (C=O) groups excluding carboxylic acids is 1. The highest BCUT2D eigenvalue weighted by Crippen LogP contribution is 2.38. The minimum absolute atomic E-state index is 0.0603. The molecule has 0 unspecified atom stereocenters. The van der Waals surface area contributed by atoms with E-state index in [4.69, 9.17) is 21.1 Å². The Kier molecular flexibility index (Phi) is 5.48. The second-order valence-electron chi connectivity index (χ2n) is 7.07. The molecule has 0 spiro atoms. The smallest absolute Gasteiger partial charge is 0.317 e. The first-order valence-corrected chi connectivity index (χ1v) is 9.90. The van der Waals surface area contributed by atoms with E-state index in [9.17, 15) is 4.79 Å². The van der Waals surface area contributed by atoms with Crippen LogP contribution in [0.2, 0.25) is 5.02 Å².